The summed E-state index contributed by atoms with van der Waals surface area (Å²) in [6.07, 6.45) is 5.06. The number of carbonyl (C=O) groups is 1. The van der Waals surface area contributed by atoms with Crippen LogP contribution in [-0.4, -0.2) is 17.4 Å². The Kier molecular flexibility index (Phi) is 2.93. The minimum atomic E-state index is -0.342. The fourth-order valence-corrected chi connectivity index (χ4v) is 1.62. The highest BCUT2D eigenvalue weighted by Crippen LogP contribution is 2.13. The molecule has 0 atom stereocenters. The second-order valence-electron chi connectivity index (χ2n) is 3.48. The van der Waals surface area contributed by atoms with E-state index in [1.165, 1.54) is 6.07 Å². The lowest BCUT2D eigenvalue weighted by molar-refractivity contribution is 0.0960. The summed E-state index contributed by atoms with van der Waals surface area (Å²) >= 11 is 0. The molecular formula is C13H10N2O2. The van der Waals surface area contributed by atoms with E-state index >= 15 is 0 Å². The van der Waals surface area contributed by atoms with Crippen molar-refractivity contribution in [2.75, 3.05) is 6.54 Å². The van der Waals surface area contributed by atoms with Gasteiger partial charge in [0.1, 0.15) is 0 Å². The molecule has 2 N–H and O–H groups in total. The molecule has 4 heteroatoms. The SMILES string of the molecule is C#CCNC(=O)c1cc(=O)[nH]c2ccccc12. The van der Waals surface area contributed by atoms with Crippen molar-refractivity contribution in [1.82, 2.24) is 10.3 Å². The molecule has 1 amide bonds. The van der Waals surface area contributed by atoms with Gasteiger partial charge in [-0.05, 0) is 6.07 Å². The molecule has 4 nitrogen and oxygen atoms in total. The van der Waals surface area contributed by atoms with Crippen LogP contribution in [0.4, 0.5) is 0 Å². The van der Waals surface area contributed by atoms with E-state index in [9.17, 15) is 9.59 Å². The zero-order valence-corrected chi connectivity index (χ0v) is 8.99. The molecule has 0 saturated heterocycles. The predicted molar refractivity (Wildman–Crippen MR) is 65.7 cm³/mol. The predicted octanol–water partition coefficient (Wildman–Crippen LogP) is 0.891. The number of aromatic nitrogens is 1. The van der Waals surface area contributed by atoms with Crippen LogP contribution in [0.1, 0.15) is 10.4 Å². The molecular weight excluding hydrogens is 216 g/mol. The maximum absolute atomic E-state index is 11.8. The third-order valence-electron chi connectivity index (χ3n) is 2.35. The van der Waals surface area contributed by atoms with E-state index in [1.807, 2.05) is 0 Å². The summed E-state index contributed by atoms with van der Waals surface area (Å²) in [6, 6.07) is 8.39. The van der Waals surface area contributed by atoms with E-state index in [1.54, 1.807) is 24.3 Å². The number of rotatable bonds is 2. The molecule has 84 valence electrons. The first-order valence-corrected chi connectivity index (χ1v) is 5.06. The van der Waals surface area contributed by atoms with Gasteiger partial charge in [-0.15, -0.1) is 6.42 Å². The van der Waals surface area contributed by atoms with Crippen molar-refractivity contribution in [3.63, 3.8) is 0 Å². The Bertz CT molecular complexity index is 665. The number of amides is 1. The molecule has 1 aromatic heterocycles. The number of hydrogen-bond acceptors (Lipinski definition) is 2. The Morgan fingerprint density at radius 2 is 2.18 bits per heavy atom. The highest BCUT2D eigenvalue weighted by molar-refractivity contribution is 6.05. The second-order valence-corrected chi connectivity index (χ2v) is 3.48. The molecule has 0 fully saturated rings. The molecule has 0 bridgehead atoms. The lowest BCUT2D eigenvalue weighted by Crippen LogP contribution is -2.25. The van der Waals surface area contributed by atoms with Crippen LogP contribution < -0.4 is 10.9 Å². The summed E-state index contributed by atoms with van der Waals surface area (Å²) in [5, 5.41) is 3.24. The third-order valence-corrected chi connectivity index (χ3v) is 2.35. The van der Waals surface area contributed by atoms with Crippen molar-refractivity contribution in [1.29, 1.82) is 0 Å². The lowest BCUT2D eigenvalue weighted by atomic mass is 10.1. The van der Waals surface area contributed by atoms with Gasteiger partial charge in [0.05, 0.1) is 12.1 Å². The molecule has 2 rings (SSSR count). The summed E-state index contributed by atoms with van der Waals surface area (Å²) < 4.78 is 0. The number of H-pyrrole nitrogens is 1. The molecule has 0 spiro atoms. The molecule has 0 radical (unpaired) electrons. The van der Waals surface area contributed by atoms with E-state index in [2.05, 4.69) is 16.2 Å². The van der Waals surface area contributed by atoms with Crippen molar-refractivity contribution < 1.29 is 4.79 Å². The topological polar surface area (TPSA) is 62.0 Å². The molecule has 17 heavy (non-hydrogen) atoms. The van der Waals surface area contributed by atoms with E-state index in [0.29, 0.717) is 16.5 Å². The molecule has 0 saturated carbocycles. The Labute approximate surface area is 97.7 Å². The monoisotopic (exact) mass is 226 g/mol. The summed E-state index contributed by atoms with van der Waals surface area (Å²) in [4.78, 5) is 25.9. The molecule has 1 aromatic carbocycles. The van der Waals surface area contributed by atoms with Crippen molar-refractivity contribution in [3.05, 3.63) is 46.2 Å². The van der Waals surface area contributed by atoms with Gasteiger partial charge >= 0.3 is 0 Å². The van der Waals surface area contributed by atoms with Gasteiger partial charge in [0.15, 0.2) is 0 Å². The van der Waals surface area contributed by atoms with E-state index < -0.39 is 0 Å². The number of aromatic amines is 1. The number of fused-ring (bicyclic) bond motifs is 1. The van der Waals surface area contributed by atoms with Gasteiger partial charge in [0.2, 0.25) is 5.56 Å². The van der Waals surface area contributed by atoms with Crippen LogP contribution in [0.15, 0.2) is 35.1 Å². The Hall–Kier alpha value is -2.54. The van der Waals surface area contributed by atoms with Gasteiger partial charge in [0.25, 0.3) is 5.91 Å². The van der Waals surface area contributed by atoms with Crippen LogP contribution in [-0.2, 0) is 0 Å². The first kappa shape index (κ1) is 11.0. The summed E-state index contributed by atoms with van der Waals surface area (Å²) in [6.45, 7) is 0.139. The average Bonchev–Trinajstić information content (AvgIpc) is 2.34. The quantitative estimate of drug-likeness (QED) is 0.747. The van der Waals surface area contributed by atoms with Gasteiger partial charge in [-0.2, -0.15) is 0 Å². The Balaban J connectivity index is 2.57. The molecule has 0 aliphatic carbocycles. The highest BCUT2D eigenvalue weighted by Gasteiger charge is 2.10. The summed E-state index contributed by atoms with van der Waals surface area (Å²) in [7, 11) is 0. The fraction of sp³-hybridized carbons (Fsp3) is 0.0769. The van der Waals surface area contributed by atoms with Crippen molar-refractivity contribution in [2.24, 2.45) is 0 Å². The van der Waals surface area contributed by atoms with Gasteiger partial charge in [-0.25, -0.2) is 0 Å². The largest absolute Gasteiger partial charge is 0.341 e. The standard InChI is InChI=1S/C13H10N2O2/c1-2-7-14-13(17)10-8-12(16)15-11-6-4-3-5-9(10)11/h1,3-6,8H,7H2,(H,14,17)(H,15,16). The van der Waals surface area contributed by atoms with Crippen molar-refractivity contribution in [2.45, 2.75) is 0 Å². The van der Waals surface area contributed by atoms with Crippen LogP contribution >= 0.6 is 0 Å². The maximum atomic E-state index is 11.8. The molecule has 1 heterocycles. The number of para-hydroxylation sites is 1. The van der Waals surface area contributed by atoms with Crippen LogP contribution in [0.5, 0.6) is 0 Å². The molecule has 0 unspecified atom stereocenters. The number of carbonyl (C=O) groups excluding carboxylic acids is 1. The van der Waals surface area contributed by atoms with E-state index in [4.69, 9.17) is 6.42 Å². The summed E-state index contributed by atoms with van der Waals surface area (Å²) in [5.41, 5.74) is 0.653. The third kappa shape index (κ3) is 2.18. The number of terminal acetylenes is 1. The minimum Gasteiger partial charge on any atom is -0.341 e. The van der Waals surface area contributed by atoms with Crippen molar-refractivity contribution in [3.8, 4) is 12.3 Å². The zero-order valence-electron chi connectivity index (χ0n) is 8.99. The smallest absolute Gasteiger partial charge is 0.252 e. The first-order chi connectivity index (χ1) is 8.22. The fourth-order valence-electron chi connectivity index (χ4n) is 1.62. The second kappa shape index (κ2) is 4.54. The maximum Gasteiger partial charge on any atom is 0.252 e. The normalized spacial score (nSPS) is 9.82. The average molecular weight is 226 g/mol. The van der Waals surface area contributed by atoms with Crippen LogP contribution in [0, 0.1) is 12.3 Å². The van der Waals surface area contributed by atoms with Crippen LogP contribution in [0.2, 0.25) is 0 Å². The number of benzene rings is 1. The number of nitrogens with one attached hydrogen (secondary N) is 2. The highest BCUT2D eigenvalue weighted by atomic mass is 16.2. The van der Waals surface area contributed by atoms with E-state index in [-0.39, 0.29) is 18.0 Å². The Morgan fingerprint density at radius 1 is 1.41 bits per heavy atom. The van der Waals surface area contributed by atoms with Crippen LogP contribution in [0.25, 0.3) is 10.9 Å². The minimum absolute atomic E-state index is 0.139. The molecule has 0 aliphatic rings. The van der Waals surface area contributed by atoms with Gasteiger partial charge < -0.3 is 10.3 Å². The van der Waals surface area contributed by atoms with Crippen LogP contribution in [0.3, 0.4) is 0 Å². The number of hydrogen-bond donors (Lipinski definition) is 2. The zero-order chi connectivity index (χ0) is 12.3. The Morgan fingerprint density at radius 3 is 2.94 bits per heavy atom. The van der Waals surface area contributed by atoms with Gasteiger partial charge in [-0.1, -0.05) is 24.1 Å². The van der Waals surface area contributed by atoms with Gasteiger partial charge in [0, 0.05) is 17.0 Å². The molecule has 0 aliphatic heterocycles. The van der Waals surface area contributed by atoms with Gasteiger partial charge in [-0.3, -0.25) is 9.59 Å². The first-order valence-electron chi connectivity index (χ1n) is 5.06. The summed E-state index contributed by atoms with van der Waals surface area (Å²) in [5.74, 6) is 1.97. The molecule has 2 aromatic rings. The number of pyridine rings is 1. The van der Waals surface area contributed by atoms with E-state index in [0.717, 1.165) is 0 Å². The lowest BCUT2D eigenvalue weighted by Gasteiger charge is -2.05. The van der Waals surface area contributed by atoms with Crippen molar-refractivity contribution >= 4 is 16.8 Å².